The molecule has 2 N–H and O–H groups in total. The molecule has 3 fully saturated rings. The first-order valence-electron chi connectivity index (χ1n) is 21.8. The van der Waals surface area contributed by atoms with Crippen molar-refractivity contribution in [2.45, 2.75) is 97.7 Å². The van der Waals surface area contributed by atoms with Gasteiger partial charge in [-0.05, 0) is 160 Å². The van der Waals surface area contributed by atoms with Crippen LogP contribution in [0.5, 0.6) is 0 Å². The Labute approximate surface area is 346 Å². The Balaban J connectivity index is 0.928. The molecule has 3 aliphatic rings. The smallest absolute Gasteiger partial charge is 0.191 e. The average molecular weight is 767 g/mol. The second-order valence-corrected chi connectivity index (χ2v) is 17.9. The summed E-state index contributed by atoms with van der Waals surface area (Å²) < 4.78 is 2.18. The SMILES string of the molecule is C=CCCC(C(=C)NC)[N+](=C)Cc1ccc(CC2CC3(CCN(CC4CCN(Cc5c(C)cc(/C(=C/NC)c6ccccc6C=C)cc5C)CC4)CC3)C2)cc1C. The highest BCUT2D eigenvalue weighted by Gasteiger charge is 2.45. The van der Waals surface area contributed by atoms with Crippen molar-refractivity contribution >= 4 is 18.4 Å². The van der Waals surface area contributed by atoms with Gasteiger partial charge in [0.15, 0.2) is 12.6 Å². The summed E-state index contributed by atoms with van der Waals surface area (Å²) in [4.78, 5) is 5.52. The van der Waals surface area contributed by atoms with E-state index in [1.54, 1.807) is 0 Å². The molecule has 1 saturated carbocycles. The van der Waals surface area contributed by atoms with Crippen molar-refractivity contribution in [2.75, 3.05) is 46.8 Å². The predicted molar refractivity (Wildman–Crippen MR) is 245 cm³/mol. The highest BCUT2D eigenvalue weighted by molar-refractivity contribution is 5.84. The largest absolute Gasteiger partial charge is 0.393 e. The van der Waals surface area contributed by atoms with Crippen molar-refractivity contribution in [1.29, 1.82) is 0 Å². The number of likely N-dealkylation sites (N-methyl/N-ethyl adjacent to an activating group) is 1. The Morgan fingerprint density at radius 3 is 2.23 bits per heavy atom. The molecule has 5 heteroatoms. The molecule has 1 aliphatic carbocycles. The van der Waals surface area contributed by atoms with Gasteiger partial charge in [-0.2, -0.15) is 0 Å². The lowest BCUT2D eigenvalue weighted by atomic mass is 9.56. The van der Waals surface area contributed by atoms with Gasteiger partial charge in [0.2, 0.25) is 0 Å². The fraction of sp³-hybridized carbons (Fsp3) is 0.481. The number of piperidine rings is 2. The van der Waals surface area contributed by atoms with Crippen LogP contribution in [0.1, 0.15) is 101 Å². The van der Waals surface area contributed by atoms with Crippen LogP contribution in [0, 0.1) is 38.0 Å². The number of nitrogens with one attached hydrogen (secondary N) is 2. The van der Waals surface area contributed by atoms with Gasteiger partial charge >= 0.3 is 0 Å². The van der Waals surface area contributed by atoms with Crippen LogP contribution in [-0.2, 0) is 19.5 Å². The molecule has 1 atom stereocenters. The molecule has 0 radical (unpaired) electrons. The first-order valence-corrected chi connectivity index (χ1v) is 21.8. The van der Waals surface area contributed by atoms with Crippen LogP contribution in [0.15, 0.2) is 92.3 Å². The summed E-state index contributed by atoms with van der Waals surface area (Å²) in [5, 5.41) is 6.54. The molecule has 1 unspecified atom stereocenters. The normalized spacial score (nSPS) is 18.5. The van der Waals surface area contributed by atoms with E-state index in [4.69, 9.17) is 0 Å². The predicted octanol–water partition coefficient (Wildman–Crippen LogP) is 10.1. The number of aryl methyl sites for hydroxylation is 3. The number of hydrogen-bond donors (Lipinski definition) is 2. The zero-order valence-corrected chi connectivity index (χ0v) is 36.1. The molecular formula is C52H72N5+. The Kier molecular flexibility index (Phi) is 14.5. The van der Waals surface area contributed by atoms with Crippen molar-refractivity contribution in [2.24, 2.45) is 17.3 Å². The number of hydrogen-bond acceptors (Lipinski definition) is 4. The Hall–Kier alpha value is -4.19. The van der Waals surface area contributed by atoms with Gasteiger partial charge in [-0.15, -0.1) is 6.58 Å². The van der Waals surface area contributed by atoms with E-state index in [1.165, 1.54) is 128 Å². The molecule has 2 heterocycles. The lowest BCUT2D eigenvalue weighted by Crippen LogP contribution is -2.49. The molecule has 57 heavy (non-hydrogen) atoms. The summed E-state index contributed by atoms with van der Waals surface area (Å²) in [7, 11) is 3.93. The van der Waals surface area contributed by atoms with Crippen molar-refractivity contribution < 1.29 is 4.58 Å². The molecular weight excluding hydrogens is 695 g/mol. The number of rotatable bonds is 18. The van der Waals surface area contributed by atoms with E-state index < -0.39 is 0 Å². The maximum atomic E-state index is 4.41. The summed E-state index contributed by atoms with van der Waals surface area (Å²) in [6.07, 6.45) is 17.5. The molecule has 1 spiro atoms. The summed E-state index contributed by atoms with van der Waals surface area (Å²) in [6, 6.07) is 20.7. The van der Waals surface area contributed by atoms with Gasteiger partial charge in [-0.3, -0.25) is 4.90 Å². The summed E-state index contributed by atoms with van der Waals surface area (Å²) in [5.41, 5.74) is 15.0. The van der Waals surface area contributed by atoms with Gasteiger partial charge in [0, 0.05) is 50.9 Å². The topological polar surface area (TPSA) is 33.6 Å². The van der Waals surface area contributed by atoms with Gasteiger partial charge in [0.25, 0.3) is 0 Å². The highest BCUT2D eigenvalue weighted by Crippen LogP contribution is 2.53. The van der Waals surface area contributed by atoms with Crippen molar-refractivity contribution in [3.63, 3.8) is 0 Å². The van der Waals surface area contributed by atoms with E-state index in [9.17, 15) is 0 Å². The second kappa shape index (κ2) is 19.5. The quantitative estimate of drug-likeness (QED) is 0.0768. The lowest BCUT2D eigenvalue weighted by molar-refractivity contribution is -0.566. The van der Waals surface area contributed by atoms with E-state index >= 15 is 0 Å². The summed E-state index contributed by atoms with van der Waals surface area (Å²) in [5.74, 6) is 1.66. The monoisotopic (exact) mass is 767 g/mol. The maximum Gasteiger partial charge on any atom is 0.191 e. The van der Waals surface area contributed by atoms with Gasteiger partial charge in [-0.1, -0.05) is 79.9 Å². The number of allylic oxidation sites excluding steroid dienone is 1. The molecule has 5 nitrogen and oxygen atoms in total. The Morgan fingerprint density at radius 2 is 1.60 bits per heavy atom. The fourth-order valence-corrected chi connectivity index (χ4v) is 10.4. The van der Waals surface area contributed by atoms with E-state index in [2.05, 4.69) is 133 Å². The maximum absolute atomic E-state index is 4.41. The van der Waals surface area contributed by atoms with Gasteiger partial charge < -0.3 is 15.5 Å². The van der Waals surface area contributed by atoms with Crippen LogP contribution < -0.4 is 10.6 Å². The molecule has 0 bridgehead atoms. The average Bonchev–Trinajstić information content (AvgIpc) is 3.20. The van der Waals surface area contributed by atoms with Gasteiger partial charge in [-0.25, -0.2) is 4.58 Å². The molecule has 2 saturated heterocycles. The Bertz CT molecular complexity index is 1890. The van der Waals surface area contributed by atoms with E-state index in [-0.39, 0.29) is 6.04 Å². The summed E-state index contributed by atoms with van der Waals surface area (Å²) >= 11 is 0. The minimum atomic E-state index is 0.194. The highest BCUT2D eigenvalue weighted by atomic mass is 15.2. The number of benzene rings is 3. The van der Waals surface area contributed by atoms with Crippen LogP contribution in [-0.4, -0.2) is 74.0 Å². The van der Waals surface area contributed by atoms with E-state index in [0.717, 1.165) is 49.0 Å². The van der Waals surface area contributed by atoms with Crippen molar-refractivity contribution in [3.8, 4) is 0 Å². The van der Waals surface area contributed by atoms with Crippen LogP contribution in [0.2, 0.25) is 0 Å². The minimum Gasteiger partial charge on any atom is -0.393 e. The van der Waals surface area contributed by atoms with E-state index in [0.29, 0.717) is 5.41 Å². The Morgan fingerprint density at radius 1 is 0.895 bits per heavy atom. The summed E-state index contributed by atoms with van der Waals surface area (Å²) in [6.45, 7) is 31.7. The zero-order valence-electron chi connectivity index (χ0n) is 36.1. The first-order chi connectivity index (χ1) is 27.5. The van der Waals surface area contributed by atoms with Gasteiger partial charge in [0.1, 0.15) is 6.72 Å². The van der Waals surface area contributed by atoms with Crippen LogP contribution in [0.4, 0.5) is 0 Å². The molecule has 0 aromatic heterocycles. The second-order valence-electron chi connectivity index (χ2n) is 17.9. The minimum absolute atomic E-state index is 0.194. The van der Waals surface area contributed by atoms with Crippen LogP contribution in [0.25, 0.3) is 11.6 Å². The van der Waals surface area contributed by atoms with Crippen LogP contribution in [0.3, 0.4) is 0 Å². The molecule has 2 aliphatic heterocycles. The molecule has 0 amide bonds. The number of nitrogens with zero attached hydrogens (tertiary/aromatic N) is 3. The zero-order chi connectivity index (χ0) is 40.5. The standard InChI is InChI=1S/C52H72N5/c1-10-12-17-51(41(6)54-8)55(9)36-46-19-18-43(28-38(46)3)31-44-32-52(33-44)22-26-57(27-23-52)35-42-20-24-56(25-21-42)37-50-39(4)29-47(30-40(50)5)49(34-53-7)48-16-14-13-15-45(48)11-2/h10-11,13-16,18-19,28-30,34,42,44,51,53-54H,1-2,6,9,12,17,20-27,31-33,35-37H2,3-5,7-8H3/q+1/b49-34-. The first kappa shape index (κ1) is 42.4. The van der Waals surface area contributed by atoms with Crippen LogP contribution >= 0.6 is 0 Å². The van der Waals surface area contributed by atoms with E-state index in [1.807, 2.05) is 26.2 Å². The third kappa shape index (κ3) is 10.5. The molecule has 3 aromatic rings. The lowest BCUT2D eigenvalue weighted by Gasteiger charge is -2.53. The third-order valence-corrected chi connectivity index (χ3v) is 13.8. The van der Waals surface area contributed by atoms with Crippen molar-refractivity contribution in [1.82, 2.24) is 20.4 Å². The number of likely N-dealkylation sites (tertiary alicyclic amines) is 2. The van der Waals surface area contributed by atoms with Crippen molar-refractivity contribution in [3.05, 3.63) is 142 Å². The molecule has 3 aromatic carbocycles. The molecule has 304 valence electrons. The fourth-order valence-electron chi connectivity index (χ4n) is 10.4. The van der Waals surface area contributed by atoms with Gasteiger partial charge in [0.05, 0.1) is 5.70 Å². The molecule has 6 rings (SSSR count). The third-order valence-electron chi connectivity index (χ3n) is 13.8.